The van der Waals surface area contributed by atoms with Crippen LogP contribution in [0.5, 0.6) is 46.0 Å². The fourth-order valence-electron chi connectivity index (χ4n) is 15.9. The summed E-state index contributed by atoms with van der Waals surface area (Å²) >= 11 is 26.6. The van der Waals surface area contributed by atoms with Crippen molar-refractivity contribution in [1.29, 1.82) is 0 Å². The molecule has 1 aromatic heterocycles. The molecule has 41 nitrogen and oxygen atoms in total. The summed E-state index contributed by atoms with van der Waals surface area (Å²) in [6.45, 7) is 7.61. The van der Waals surface area contributed by atoms with Gasteiger partial charge in [-0.15, -0.1) is 0 Å². The smallest absolute Gasteiger partial charge is 0.349 e. The Morgan fingerprint density at radius 3 is 2.02 bits per heavy atom. The number of nitrogens with two attached hydrogens (primary N) is 1. The summed E-state index contributed by atoms with van der Waals surface area (Å²) in [6.07, 6.45) is -15.6. The molecule has 8 aliphatic heterocycles. The van der Waals surface area contributed by atoms with Crippen LogP contribution in [0.1, 0.15) is 111 Å². The molecular weight excluding hydrogens is 1810 g/mol. The van der Waals surface area contributed by atoms with E-state index in [4.69, 9.17) is 90.1 Å². The first-order valence-electron chi connectivity index (χ1n) is 41.8. The van der Waals surface area contributed by atoms with Crippen LogP contribution in [0.3, 0.4) is 0 Å². The Kier molecular flexibility index (Phi) is 31.7. The molecule has 45 heteroatoms. The zero-order valence-corrected chi connectivity index (χ0v) is 74.3. The van der Waals surface area contributed by atoms with E-state index in [-0.39, 0.29) is 78.3 Å². The van der Waals surface area contributed by atoms with Crippen LogP contribution in [0.15, 0.2) is 120 Å². The largest absolute Gasteiger partial charge is 0.508 e. The Morgan fingerprint density at radius 1 is 0.705 bits per heavy atom. The lowest BCUT2D eigenvalue weighted by Crippen LogP contribution is -2.65. The number of aliphatic hydroxyl groups is 6. The van der Waals surface area contributed by atoms with Gasteiger partial charge in [0.15, 0.2) is 23.9 Å². The van der Waals surface area contributed by atoms with E-state index >= 15 is 24.0 Å². The summed E-state index contributed by atoms with van der Waals surface area (Å²) < 4.78 is 46.2. The fraction of sp³-hybridized carbons (Fsp3) is 0.414. The van der Waals surface area contributed by atoms with Gasteiger partial charge in [0.1, 0.15) is 101 Å². The number of amides is 9. The van der Waals surface area contributed by atoms with Crippen LogP contribution in [0.4, 0.5) is 5.82 Å². The normalized spacial score (nSPS) is 26.1. The van der Waals surface area contributed by atoms with Gasteiger partial charge in [0.25, 0.3) is 5.91 Å². The molecule has 0 saturated carbocycles. The molecule has 15 rings (SSSR count). The zero-order chi connectivity index (χ0) is 95.0. The third kappa shape index (κ3) is 22.9. The zero-order valence-electron chi connectivity index (χ0n) is 71.2. The summed E-state index contributed by atoms with van der Waals surface area (Å²) in [6, 6.07) is 5.70. The predicted molar refractivity (Wildman–Crippen MR) is 469 cm³/mol. The number of carbonyl (C=O) groups is 9. The molecule has 0 spiro atoms. The van der Waals surface area contributed by atoms with Crippen molar-refractivity contribution in [2.45, 2.75) is 163 Å². The summed E-state index contributed by atoms with van der Waals surface area (Å²) in [7, 11) is 1.47. The van der Waals surface area contributed by atoms with Crippen LogP contribution in [0.25, 0.3) is 17.2 Å². The van der Waals surface area contributed by atoms with E-state index in [0.29, 0.717) is 36.9 Å². The van der Waals surface area contributed by atoms with Gasteiger partial charge in [0.05, 0.1) is 71.2 Å². The highest BCUT2D eigenvalue weighted by Gasteiger charge is 2.52. The number of carbonyl (C=O) groups excluding carboxylic acids is 9. The fourth-order valence-corrected chi connectivity index (χ4v) is 16.7. The standard InChI is InChI=1S/C87H98Cl4N14O27/c1-38(2)26-52(93-5)78(117)101-69-71(112)42-9-13-56(50(90)29-42)128-58-31-44-32-59(75(58)132-85-76(74(115)73(114)60(37-106)130-85)131-64-36-87(4,77(116)39(3)127-64)94-17-19-105-18-16-62(97-86(105)124)96-63(111)15-7-40-6-11-48(88)49(89)27-40)129-57-14-10-43(30-51(57)91)72(113)70-83(122)100-68(84(123)103-126-25-22-104-20-23-125-24-21-104)47-33-45(107)34-55(109)65(47)46-28-41(8-12-54(46)108)66(80(119)102-70)99-81(120)67(44)98-79(118)53(35-61(92)110)95-82(69)121/h6-16,18,27-34,38-39,52-53,60,64,66-74,76-77,85,93-94,106-109,112-116H,17,19-26,35-37H2,1-5H3,(H2,92,110)(H,95,121)(H,98,118)(H,99,120)(H,100,122)(H,101,117)(H,102,119)(H,103,123)(H,96,97,111,124). The number of halogens is 4. The molecule has 0 radical (unpaired) electrons. The molecule has 11 bridgehead atoms. The number of aromatic nitrogens is 2. The van der Waals surface area contributed by atoms with Crippen molar-refractivity contribution in [3.8, 4) is 57.1 Å². The Labute approximate surface area is 772 Å². The molecule has 18 atom stereocenters. The van der Waals surface area contributed by atoms with Crippen LogP contribution in [0.2, 0.25) is 20.1 Å². The number of hydrogen-bond acceptors (Lipinski definition) is 31. The van der Waals surface area contributed by atoms with Crippen molar-refractivity contribution in [2.24, 2.45) is 11.7 Å². The van der Waals surface area contributed by atoms with Gasteiger partial charge in [-0.3, -0.25) is 57.5 Å². The number of morpholine rings is 1. The summed E-state index contributed by atoms with van der Waals surface area (Å²) in [5.74, 6) is -16.2. The minimum absolute atomic E-state index is 0.0466. The second-order valence-electron chi connectivity index (χ2n) is 32.8. The highest BCUT2D eigenvalue weighted by Crippen LogP contribution is 2.50. The number of rotatable bonds is 24. The number of primary amides is 1. The number of hydroxylamine groups is 1. The monoisotopic (exact) mass is 1910 g/mol. The molecule has 7 aromatic rings. The minimum atomic E-state index is -2.40. The average Bonchev–Trinajstić information content (AvgIpc) is 0.762. The summed E-state index contributed by atoms with van der Waals surface area (Å²) in [4.78, 5) is 159. The number of nitrogens with zero attached hydrogens (tertiary/aromatic N) is 3. The van der Waals surface area contributed by atoms with Crippen molar-refractivity contribution < 1.29 is 127 Å². The Morgan fingerprint density at radius 2 is 1.37 bits per heavy atom. The third-order valence-corrected chi connectivity index (χ3v) is 24.2. The van der Waals surface area contributed by atoms with E-state index < -0.39 is 254 Å². The lowest BCUT2D eigenvalue weighted by Gasteiger charge is -2.48. The molecule has 9 heterocycles. The topological polar surface area (TPSA) is 594 Å². The SMILES string of the molecule is CNC(CC(C)C)C(=O)NC1C(=O)NC(CC(N)=O)C(=O)NC2C(=O)NC3C(=O)NC(C(=O)NC(C(=O)NOCCN4CCOCC4)c4cc(O)cc(O)c4-c4cc3ccc4O)C(O)c3ccc(c(Cl)c3)Oc3cc2cc(c3OC2OC(CO)C(O)C(O)C2OC2CC(C)(NCCn3ccc(NC(=O)C=Cc4ccc(Cl)c(Cl)c4)nc3=O)C(O)C(C)O2)Oc2ccc(cc2Cl)C1O. The van der Waals surface area contributed by atoms with E-state index in [1.54, 1.807) is 25.1 Å². The third-order valence-electron chi connectivity index (χ3n) is 22.9. The number of benzene rings is 6. The van der Waals surface area contributed by atoms with Gasteiger partial charge in [-0.05, 0) is 145 Å². The maximum Gasteiger partial charge on any atom is 0.349 e. The molecule has 706 valence electrons. The van der Waals surface area contributed by atoms with Gasteiger partial charge in [-0.25, -0.2) is 10.3 Å². The summed E-state index contributed by atoms with van der Waals surface area (Å²) in [5.41, 5.74) is 3.80. The molecule has 0 aliphatic carbocycles. The van der Waals surface area contributed by atoms with Crippen molar-refractivity contribution in [2.75, 3.05) is 65.0 Å². The number of likely N-dealkylation sites (N-methyl/N-ethyl adjacent to an activating group) is 1. The molecule has 3 fully saturated rings. The molecule has 9 amide bonds. The maximum atomic E-state index is 16.4. The number of fused-ring (bicyclic) bond motifs is 15. The van der Waals surface area contributed by atoms with Crippen molar-refractivity contribution in [1.82, 2.24) is 62.5 Å². The van der Waals surface area contributed by atoms with E-state index in [9.17, 15) is 69.9 Å². The molecule has 132 heavy (non-hydrogen) atoms. The minimum Gasteiger partial charge on any atom is -0.508 e. The number of nitrogens with one attached hydrogen (secondary N) is 10. The molecule has 18 unspecified atom stereocenters. The van der Waals surface area contributed by atoms with Crippen LogP contribution in [0, 0.1) is 5.92 Å². The van der Waals surface area contributed by atoms with Gasteiger partial charge >= 0.3 is 5.69 Å². The Bertz CT molecular complexity index is 5620. The van der Waals surface area contributed by atoms with Crippen LogP contribution < -0.4 is 79.0 Å². The lowest BCUT2D eigenvalue weighted by molar-refractivity contribution is -0.334. The molecule has 8 aliphatic rings. The van der Waals surface area contributed by atoms with Crippen molar-refractivity contribution in [3.63, 3.8) is 0 Å². The quantitative estimate of drug-likeness (QED) is 0.0234. The van der Waals surface area contributed by atoms with Crippen molar-refractivity contribution in [3.05, 3.63) is 179 Å². The molecular formula is C87H98Cl4N14O27. The number of phenols is 3. The number of hydrogen-bond donors (Lipinski definition) is 20. The van der Waals surface area contributed by atoms with Crippen molar-refractivity contribution >= 4 is 111 Å². The van der Waals surface area contributed by atoms with E-state index in [1.807, 2.05) is 18.7 Å². The first kappa shape index (κ1) is 98.1. The molecule has 21 N–H and O–H groups in total. The van der Waals surface area contributed by atoms with Crippen LogP contribution >= 0.6 is 46.4 Å². The Hall–Kier alpha value is -11.4. The van der Waals surface area contributed by atoms with Gasteiger partial charge in [-0.1, -0.05) is 84.5 Å². The van der Waals surface area contributed by atoms with Crippen LogP contribution in [-0.4, -0.2) is 252 Å². The molecule has 3 saturated heterocycles. The van der Waals surface area contributed by atoms with Gasteiger partial charge in [-0.2, -0.15) is 4.98 Å². The first-order chi connectivity index (χ1) is 62.8. The lowest BCUT2D eigenvalue weighted by atomic mass is 9.85. The number of aliphatic hydroxyl groups excluding tert-OH is 6. The number of aromatic hydroxyl groups is 3. The highest BCUT2D eigenvalue weighted by molar-refractivity contribution is 6.42. The predicted octanol–water partition coefficient (Wildman–Crippen LogP) is 2.25. The molecule has 6 aromatic carbocycles. The first-order valence-corrected chi connectivity index (χ1v) is 43.3. The number of anilines is 1. The number of phenolic OH excluding ortho intramolecular Hbond substituents is 3. The van der Waals surface area contributed by atoms with E-state index in [1.165, 1.54) is 55.1 Å². The Balaban J connectivity index is 0.928. The van der Waals surface area contributed by atoms with Gasteiger partial charge in [0.2, 0.25) is 59.3 Å². The van der Waals surface area contributed by atoms with E-state index in [2.05, 4.69) is 58.3 Å². The van der Waals surface area contributed by atoms with E-state index in [0.717, 1.165) is 66.7 Å². The second kappa shape index (κ2) is 42.6. The number of ether oxygens (including phenoxy) is 7. The summed E-state index contributed by atoms with van der Waals surface area (Å²) in [5, 5.41) is 131. The second-order valence-corrected chi connectivity index (χ2v) is 34.4. The van der Waals surface area contributed by atoms with Crippen LogP contribution in [-0.2, 0) is 73.5 Å². The van der Waals surface area contributed by atoms with Gasteiger partial charge in [0, 0.05) is 74.1 Å². The highest BCUT2D eigenvalue weighted by atomic mass is 35.5. The average molecular weight is 1910 g/mol. The maximum absolute atomic E-state index is 16.4. The van der Waals surface area contributed by atoms with Gasteiger partial charge < -0.3 is 133 Å².